The number of aromatic nitrogens is 1. The van der Waals surface area contributed by atoms with Gasteiger partial charge in [0.1, 0.15) is 0 Å². The molecule has 1 aliphatic carbocycles. The standard InChI is InChI=1S/C15H21N3S/c1-10-18-13-8-12(11(16)7-14(13)19-10)17-9-15(2)5-3-4-6-15/h7-8,17H,3-6,9,16H2,1-2H3. The zero-order valence-electron chi connectivity index (χ0n) is 11.6. The normalized spacial score (nSPS) is 18.0. The minimum Gasteiger partial charge on any atom is -0.397 e. The van der Waals surface area contributed by atoms with Crippen molar-refractivity contribution < 1.29 is 0 Å². The highest BCUT2D eigenvalue weighted by atomic mass is 32.1. The van der Waals surface area contributed by atoms with E-state index in [0.717, 1.165) is 28.4 Å². The first-order valence-corrected chi connectivity index (χ1v) is 7.78. The second kappa shape index (κ2) is 4.67. The van der Waals surface area contributed by atoms with Crippen molar-refractivity contribution >= 4 is 32.9 Å². The fourth-order valence-corrected chi connectivity index (χ4v) is 3.83. The Morgan fingerprint density at radius 2 is 2.11 bits per heavy atom. The number of aryl methyl sites for hydroxylation is 1. The number of fused-ring (bicyclic) bond motifs is 1. The minimum absolute atomic E-state index is 0.430. The van der Waals surface area contributed by atoms with E-state index in [9.17, 15) is 0 Å². The Morgan fingerprint density at radius 3 is 2.84 bits per heavy atom. The van der Waals surface area contributed by atoms with E-state index >= 15 is 0 Å². The van der Waals surface area contributed by atoms with E-state index in [1.807, 2.05) is 13.0 Å². The zero-order valence-corrected chi connectivity index (χ0v) is 12.4. The van der Waals surface area contributed by atoms with E-state index in [0.29, 0.717) is 5.41 Å². The fraction of sp³-hybridized carbons (Fsp3) is 0.533. The summed E-state index contributed by atoms with van der Waals surface area (Å²) in [7, 11) is 0. The molecule has 3 rings (SSSR count). The number of hydrogen-bond donors (Lipinski definition) is 2. The number of nitrogens with two attached hydrogens (primary N) is 1. The van der Waals surface area contributed by atoms with Crippen molar-refractivity contribution in [3.05, 3.63) is 17.1 Å². The molecule has 4 heteroatoms. The average molecular weight is 275 g/mol. The second-order valence-corrected chi connectivity index (χ2v) is 7.25. The highest BCUT2D eigenvalue weighted by Gasteiger charge is 2.28. The molecule has 1 aromatic carbocycles. The van der Waals surface area contributed by atoms with E-state index in [2.05, 4.69) is 23.3 Å². The third-order valence-corrected chi connectivity index (χ3v) is 5.12. The van der Waals surface area contributed by atoms with Gasteiger partial charge in [0, 0.05) is 6.54 Å². The van der Waals surface area contributed by atoms with Gasteiger partial charge < -0.3 is 11.1 Å². The molecule has 0 bridgehead atoms. The first-order chi connectivity index (χ1) is 9.06. The molecule has 0 spiro atoms. The predicted molar refractivity (Wildman–Crippen MR) is 83.8 cm³/mol. The van der Waals surface area contributed by atoms with Gasteiger partial charge in [-0.1, -0.05) is 19.8 Å². The van der Waals surface area contributed by atoms with Crippen LogP contribution in [0.5, 0.6) is 0 Å². The summed E-state index contributed by atoms with van der Waals surface area (Å²) < 4.78 is 1.17. The maximum atomic E-state index is 6.14. The summed E-state index contributed by atoms with van der Waals surface area (Å²) in [6, 6.07) is 4.13. The van der Waals surface area contributed by atoms with Crippen molar-refractivity contribution in [1.29, 1.82) is 0 Å². The molecule has 0 aliphatic heterocycles. The molecule has 1 aromatic heterocycles. The van der Waals surface area contributed by atoms with Gasteiger partial charge in [0.15, 0.2) is 0 Å². The van der Waals surface area contributed by atoms with Gasteiger partial charge in [-0.2, -0.15) is 0 Å². The van der Waals surface area contributed by atoms with Crippen LogP contribution < -0.4 is 11.1 Å². The van der Waals surface area contributed by atoms with Crippen LogP contribution in [0.1, 0.15) is 37.6 Å². The molecule has 102 valence electrons. The lowest BCUT2D eigenvalue weighted by Crippen LogP contribution is -2.23. The van der Waals surface area contributed by atoms with E-state index < -0.39 is 0 Å². The van der Waals surface area contributed by atoms with Crippen molar-refractivity contribution in [3.8, 4) is 0 Å². The average Bonchev–Trinajstić information content (AvgIpc) is 2.92. The SMILES string of the molecule is Cc1nc2cc(NCC3(C)CCCC3)c(N)cc2s1. The monoisotopic (exact) mass is 275 g/mol. The number of hydrogen-bond acceptors (Lipinski definition) is 4. The van der Waals surface area contributed by atoms with Crippen LogP contribution in [0.15, 0.2) is 12.1 Å². The topological polar surface area (TPSA) is 50.9 Å². The van der Waals surface area contributed by atoms with Gasteiger partial charge in [-0.3, -0.25) is 0 Å². The molecule has 0 radical (unpaired) electrons. The third-order valence-electron chi connectivity index (χ3n) is 4.18. The van der Waals surface area contributed by atoms with Gasteiger partial charge in [0.05, 0.1) is 26.6 Å². The number of anilines is 2. The molecule has 0 unspecified atom stereocenters. The third kappa shape index (κ3) is 2.54. The van der Waals surface area contributed by atoms with Crippen molar-refractivity contribution in [2.75, 3.05) is 17.6 Å². The summed E-state index contributed by atoms with van der Waals surface area (Å²) in [6.07, 6.45) is 5.35. The predicted octanol–water partition coefficient (Wildman–Crippen LogP) is 4.18. The van der Waals surface area contributed by atoms with Crippen LogP contribution in [0.25, 0.3) is 10.2 Å². The first kappa shape index (κ1) is 12.7. The maximum Gasteiger partial charge on any atom is 0.0907 e. The molecule has 1 aliphatic rings. The lowest BCUT2D eigenvalue weighted by atomic mass is 9.89. The number of nitrogen functional groups attached to an aromatic ring is 1. The highest BCUT2D eigenvalue weighted by molar-refractivity contribution is 7.18. The van der Waals surface area contributed by atoms with Gasteiger partial charge in [-0.25, -0.2) is 4.98 Å². The lowest BCUT2D eigenvalue weighted by molar-refractivity contribution is 0.362. The van der Waals surface area contributed by atoms with Crippen LogP contribution in [0.3, 0.4) is 0 Å². The molecule has 0 atom stereocenters. The Bertz CT molecular complexity index is 597. The summed E-state index contributed by atoms with van der Waals surface area (Å²) in [4.78, 5) is 4.53. The summed E-state index contributed by atoms with van der Waals surface area (Å²) in [5, 5.41) is 4.63. The number of nitrogens with zero attached hydrogens (tertiary/aromatic N) is 1. The van der Waals surface area contributed by atoms with Gasteiger partial charge >= 0.3 is 0 Å². The molecule has 3 nitrogen and oxygen atoms in total. The summed E-state index contributed by atoms with van der Waals surface area (Å²) in [5.41, 5.74) is 9.49. The summed E-state index contributed by atoms with van der Waals surface area (Å²) >= 11 is 1.70. The van der Waals surface area contributed by atoms with Gasteiger partial charge in [0.2, 0.25) is 0 Å². The van der Waals surface area contributed by atoms with E-state index in [4.69, 9.17) is 5.73 Å². The van der Waals surface area contributed by atoms with Crippen molar-refractivity contribution in [2.45, 2.75) is 39.5 Å². The molecule has 0 amide bonds. The van der Waals surface area contributed by atoms with Crippen LogP contribution in [0, 0.1) is 12.3 Å². The fourth-order valence-electron chi connectivity index (χ4n) is 2.97. The Balaban J connectivity index is 1.82. The molecule has 0 saturated heterocycles. The first-order valence-electron chi connectivity index (χ1n) is 6.96. The van der Waals surface area contributed by atoms with Crippen molar-refractivity contribution in [1.82, 2.24) is 4.98 Å². The zero-order chi connectivity index (χ0) is 13.5. The molecular formula is C15H21N3S. The van der Waals surface area contributed by atoms with Crippen LogP contribution in [-0.4, -0.2) is 11.5 Å². The van der Waals surface area contributed by atoms with Gasteiger partial charge in [-0.05, 0) is 37.3 Å². The van der Waals surface area contributed by atoms with Crippen molar-refractivity contribution in [2.24, 2.45) is 5.41 Å². The van der Waals surface area contributed by atoms with Crippen molar-refractivity contribution in [3.63, 3.8) is 0 Å². The van der Waals surface area contributed by atoms with Crippen LogP contribution in [-0.2, 0) is 0 Å². The van der Waals surface area contributed by atoms with Crippen LogP contribution >= 0.6 is 11.3 Å². The molecule has 3 N–H and O–H groups in total. The number of thiazole rings is 1. The van der Waals surface area contributed by atoms with Crippen LogP contribution in [0.4, 0.5) is 11.4 Å². The Labute approximate surface area is 118 Å². The number of benzene rings is 1. The Hall–Kier alpha value is -1.29. The van der Waals surface area contributed by atoms with Gasteiger partial charge in [-0.15, -0.1) is 11.3 Å². The van der Waals surface area contributed by atoms with E-state index in [1.165, 1.54) is 30.4 Å². The van der Waals surface area contributed by atoms with E-state index in [1.54, 1.807) is 11.3 Å². The molecular weight excluding hydrogens is 254 g/mol. The maximum absolute atomic E-state index is 6.14. The number of nitrogens with one attached hydrogen (secondary N) is 1. The summed E-state index contributed by atoms with van der Waals surface area (Å²) in [5.74, 6) is 0. The second-order valence-electron chi connectivity index (χ2n) is 6.01. The molecule has 1 fully saturated rings. The smallest absolute Gasteiger partial charge is 0.0907 e. The number of rotatable bonds is 3. The molecule has 2 aromatic rings. The minimum atomic E-state index is 0.430. The molecule has 1 heterocycles. The molecule has 1 saturated carbocycles. The van der Waals surface area contributed by atoms with Crippen LogP contribution in [0.2, 0.25) is 0 Å². The quantitative estimate of drug-likeness (QED) is 0.826. The lowest BCUT2D eigenvalue weighted by Gasteiger charge is -2.24. The highest BCUT2D eigenvalue weighted by Crippen LogP contribution is 2.38. The largest absolute Gasteiger partial charge is 0.397 e. The molecule has 19 heavy (non-hydrogen) atoms. The van der Waals surface area contributed by atoms with Gasteiger partial charge in [0.25, 0.3) is 0 Å². The Morgan fingerprint density at radius 1 is 1.37 bits per heavy atom. The summed E-state index contributed by atoms with van der Waals surface area (Å²) in [6.45, 7) is 5.41. The Kier molecular flexibility index (Phi) is 3.13. The van der Waals surface area contributed by atoms with E-state index in [-0.39, 0.29) is 0 Å².